The molecule has 0 bridgehead atoms. The van der Waals surface area contributed by atoms with Crippen molar-refractivity contribution in [2.24, 2.45) is 0 Å². The van der Waals surface area contributed by atoms with E-state index in [2.05, 4.69) is 11.9 Å². The molecular weight excluding hydrogens is 518 g/mol. The number of nitrogens with zero attached hydrogens (tertiary/aromatic N) is 3. The van der Waals surface area contributed by atoms with Gasteiger partial charge in [0.2, 0.25) is 5.78 Å². The zero-order valence-electron chi connectivity index (χ0n) is 22.0. The Labute approximate surface area is 229 Å². The van der Waals surface area contributed by atoms with E-state index < -0.39 is 23.5 Å². The first-order chi connectivity index (χ1) is 18.2. The maximum atomic E-state index is 13.8. The van der Waals surface area contributed by atoms with E-state index in [9.17, 15) is 14.7 Å². The molecule has 3 heterocycles. The molecule has 5 rings (SSSR count). The Bertz CT molecular complexity index is 1580. The normalized spacial score (nSPS) is 15.7. The highest BCUT2D eigenvalue weighted by Crippen LogP contribution is 2.45. The second-order valence-electron chi connectivity index (χ2n) is 9.51. The number of fused-ring (bicyclic) bond motifs is 1. The van der Waals surface area contributed by atoms with E-state index >= 15 is 0 Å². The molecule has 38 heavy (non-hydrogen) atoms. The number of unbranched alkanes of at least 4 members (excludes halogenated alkanes) is 1. The first-order valence-corrected chi connectivity index (χ1v) is 14.2. The van der Waals surface area contributed by atoms with Crippen LogP contribution in [0, 0.1) is 27.7 Å². The molecule has 4 aromatic rings. The van der Waals surface area contributed by atoms with Gasteiger partial charge in [0.1, 0.15) is 5.75 Å². The third kappa shape index (κ3) is 4.61. The molecule has 0 aliphatic carbocycles. The molecule has 0 radical (unpaired) electrons. The van der Waals surface area contributed by atoms with Crippen LogP contribution in [0.5, 0.6) is 5.75 Å². The van der Waals surface area contributed by atoms with Crippen LogP contribution in [0.3, 0.4) is 0 Å². The summed E-state index contributed by atoms with van der Waals surface area (Å²) in [4.78, 5) is 38.5. The van der Waals surface area contributed by atoms with Crippen LogP contribution < -0.4 is 9.64 Å². The number of amides is 1. The van der Waals surface area contributed by atoms with Gasteiger partial charge >= 0.3 is 0 Å². The van der Waals surface area contributed by atoms with E-state index in [0.717, 1.165) is 39.2 Å². The lowest BCUT2D eigenvalue weighted by Gasteiger charge is -2.24. The van der Waals surface area contributed by atoms with Gasteiger partial charge in [-0.3, -0.25) is 14.5 Å². The maximum Gasteiger partial charge on any atom is 0.296 e. The Morgan fingerprint density at radius 1 is 1.08 bits per heavy atom. The second kappa shape index (κ2) is 10.3. The number of hydrogen-bond acceptors (Lipinski definition) is 8. The van der Waals surface area contributed by atoms with Gasteiger partial charge in [-0.2, -0.15) is 0 Å². The van der Waals surface area contributed by atoms with E-state index in [1.54, 1.807) is 6.92 Å². The molecule has 1 N–H and O–H groups in total. The lowest BCUT2D eigenvalue weighted by molar-refractivity contribution is -0.117. The Hall–Kier alpha value is -3.56. The van der Waals surface area contributed by atoms with Crippen molar-refractivity contribution in [2.45, 2.75) is 53.5 Å². The molecule has 1 amide bonds. The molecule has 1 atom stereocenters. The third-order valence-corrected chi connectivity index (χ3v) is 8.62. The Balaban J connectivity index is 1.62. The summed E-state index contributed by atoms with van der Waals surface area (Å²) in [5.74, 6) is -0.892. The van der Waals surface area contributed by atoms with Crippen molar-refractivity contribution in [1.29, 1.82) is 0 Å². The standard InChI is InChI=1S/C29H29N3O4S2/c1-6-7-12-36-20-10-8-19(9-11-20)24-22(25(33)27-17(4)30-18(5)37-27)26(34)28(35)32(24)29-31-23-16(3)13-15(2)14-21(23)38-29/h8-11,13-14,24,34H,6-7,12H2,1-5H3. The first kappa shape index (κ1) is 26.1. The van der Waals surface area contributed by atoms with Gasteiger partial charge in [0.05, 0.1) is 44.0 Å². The van der Waals surface area contributed by atoms with Crippen LogP contribution in [0.1, 0.15) is 62.9 Å². The molecule has 1 aliphatic heterocycles. The smallest absolute Gasteiger partial charge is 0.296 e. The van der Waals surface area contributed by atoms with Crippen molar-refractivity contribution in [3.63, 3.8) is 0 Å². The molecule has 2 aromatic heterocycles. The summed E-state index contributed by atoms with van der Waals surface area (Å²) in [5, 5.41) is 12.3. The summed E-state index contributed by atoms with van der Waals surface area (Å²) in [6.45, 7) is 10.3. The highest BCUT2D eigenvalue weighted by atomic mass is 32.1. The van der Waals surface area contributed by atoms with Crippen molar-refractivity contribution >= 4 is 49.7 Å². The number of thiazole rings is 2. The number of aromatic nitrogens is 2. The van der Waals surface area contributed by atoms with Crippen molar-refractivity contribution in [3.05, 3.63) is 80.0 Å². The van der Waals surface area contributed by atoms with Crippen molar-refractivity contribution in [2.75, 3.05) is 11.5 Å². The Morgan fingerprint density at radius 3 is 2.47 bits per heavy atom. The summed E-state index contributed by atoms with van der Waals surface area (Å²) in [6, 6.07) is 10.6. The molecule has 196 valence electrons. The fourth-order valence-electron chi connectivity index (χ4n) is 4.76. The number of benzene rings is 2. The van der Waals surface area contributed by atoms with Crippen LogP contribution in [-0.2, 0) is 4.79 Å². The lowest BCUT2D eigenvalue weighted by atomic mass is 9.95. The highest BCUT2D eigenvalue weighted by Gasteiger charge is 2.46. The second-order valence-corrected chi connectivity index (χ2v) is 11.7. The van der Waals surface area contributed by atoms with Crippen LogP contribution in [0.25, 0.3) is 10.2 Å². The topological polar surface area (TPSA) is 92.6 Å². The number of Topliss-reactive ketones (excluding diaryl/α,β-unsaturated/α-hetero) is 1. The molecule has 0 spiro atoms. The molecule has 0 fully saturated rings. The molecule has 0 saturated carbocycles. The van der Waals surface area contributed by atoms with Gasteiger partial charge in [0, 0.05) is 0 Å². The molecule has 7 nitrogen and oxygen atoms in total. The summed E-state index contributed by atoms with van der Waals surface area (Å²) in [6.07, 6.45) is 1.98. The summed E-state index contributed by atoms with van der Waals surface area (Å²) >= 11 is 2.63. The fraction of sp³-hybridized carbons (Fsp3) is 0.310. The number of anilines is 1. The summed E-state index contributed by atoms with van der Waals surface area (Å²) < 4.78 is 6.76. The van der Waals surface area contributed by atoms with Crippen LogP contribution in [0.4, 0.5) is 5.13 Å². The minimum Gasteiger partial charge on any atom is -0.503 e. The highest BCUT2D eigenvalue weighted by molar-refractivity contribution is 7.22. The minimum absolute atomic E-state index is 0.0357. The van der Waals surface area contributed by atoms with Gasteiger partial charge in [0.25, 0.3) is 5.91 Å². The maximum absolute atomic E-state index is 13.8. The quantitative estimate of drug-likeness (QED) is 0.190. The zero-order valence-corrected chi connectivity index (χ0v) is 23.6. The average Bonchev–Trinajstić information content (AvgIpc) is 3.53. The fourth-order valence-corrected chi connectivity index (χ4v) is 6.80. The van der Waals surface area contributed by atoms with E-state index in [1.165, 1.54) is 27.6 Å². The number of rotatable bonds is 8. The number of carbonyl (C=O) groups excluding carboxylic acids is 2. The molecule has 1 aliphatic rings. The molecule has 0 saturated heterocycles. The molecular formula is C29H29N3O4S2. The lowest BCUT2D eigenvalue weighted by Crippen LogP contribution is -2.31. The van der Waals surface area contributed by atoms with Crippen molar-refractivity contribution in [1.82, 2.24) is 9.97 Å². The van der Waals surface area contributed by atoms with Crippen molar-refractivity contribution in [3.8, 4) is 5.75 Å². The minimum atomic E-state index is -0.844. The number of ketones is 1. The molecule has 1 unspecified atom stereocenters. The Morgan fingerprint density at radius 2 is 1.82 bits per heavy atom. The van der Waals surface area contributed by atoms with E-state index in [-0.39, 0.29) is 5.57 Å². The number of hydrogen-bond donors (Lipinski definition) is 1. The predicted octanol–water partition coefficient (Wildman–Crippen LogP) is 6.95. The van der Waals surface area contributed by atoms with E-state index in [1.807, 2.05) is 57.2 Å². The summed E-state index contributed by atoms with van der Waals surface area (Å²) in [5.41, 5.74) is 4.20. The van der Waals surface area contributed by atoms with Crippen LogP contribution in [0.2, 0.25) is 0 Å². The third-order valence-electron chi connectivity index (χ3n) is 6.55. The monoisotopic (exact) mass is 547 g/mol. The SMILES string of the molecule is CCCCOc1ccc(C2C(C(=O)c3sc(C)nc3C)=C(O)C(=O)N2c2nc3c(C)cc(C)cc3s2)cc1. The van der Waals surface area contributed by atoms with Crippen LogP contribution in [0.15, 0.2) is 47.7 Å². The summed E-state index contributed by atoms with van der Waals surface area (Å²) in [7, 11) is 0. The average molecular weight is 548 g/mol. The van der Waals surface area contributed by atoms with Crippen molar-refractivity contribution < 1.29 is 19.4 Å². The van der Waals surface area contributed by atoms with E-state index in [0.29, 0.717) is 33.6 Å². The Kier molecular flexibility index (Phi) is 7.07. The zero-order chi connectivity index (χ0) is 27.1. The number of aliphatic hydroxyl groups excluding tert-OH is 1. The number of carbonyl (C=O) groups is 2. The van der Waals surface area contributed by atoms with Gasteiger partial charge < -0.3 is 9.84 Å². The van der Waals surface area contributed by atoms with Gasteiger partial charge in [-0.1, -0.05) is 42.9 Å². The molecule has 9 heteroatoms. The predicted molar refractivity (Wildman–Crippen MR) is 152 cm³/mol. The van der Waals surface area contributed by atoms with Gasteiger partial charge in [-0.05, 0) is 69.0 Å². The van der Waals surface area contributed by atoms with Gasteiger partial charge in [-0.25, -0.2) is 9.97 Å². The number of aliphatic hydroxyl groups is 1. The number of aryl methyl sites for hydroxylation is 4. The van der Waals surface area contributed by atoms with Gasteiger partial charge in [-0.15, -0.1) is 11.3 Å². The first-order valence-electron chi connectivity index (χ1n) is 12.6. The largest absolute Gasteiger partial charge is 0.503 e. The number of ether oxygens (including phenoxy) is 1. The molecule has 2 aromatic carbocycles. The van der Waals surface area contributed by atoms with E-state index in [4.69, 9.17) is 9.72 Å². The van der Waals surface area contributed by atoms with Gasteiger partial charge in [0.15, 0.2) is 10.9 Å². The van der Waals surface area contributed by atoms with Crippen LogP contribution >= 0.6 is 22.7 Å². The van der Waals surface area contributed by atoms with Crippen LogP contribution in [-0.4, -0.2) is 33.4 Å².